The van der Waals surface area contributed by atoms with Gasteiger partial charge in [-0.15, -0.1) is 11.8 Å². The van der Waals surface area contributed by atoms with E-state index in [9.17, 15) is 9.59 Å². The van der Waals surface area contributed by atoms with E-state index >= 15 is 0 Å². The highest BCUT2D eigenvalue weighted by Gasteiger charge is 2.27. The Kier molecular flexibility index (Phi) is 10.5. The summed E-state index contributed by atoms with van der Waals surface area (Å²) in [6, 6.07) is 12.1. The van der Waals surface area contributed by atoms with Gasteiger partial charge in [0.1, 0.15) is 6.04 Å². The van der Waals surface area contributed by atoms with Gasteiger partial charge < -0.3 is 10.2 Å². The van der Waals surface area contributed by atoms with Crippen LogP contribution in [-0.2, 0) is 21.9 Å². The maximum atomic E-state index is 13.1. The lowest BCUT2D eigenvalue weighted by molar-refractivity contribution is -0.138. The lowest BCUT2D eigenvalue weighted by Crippen LogP contribution is -2.50. The van der Waals surface area contributed by atoms with Crippen molar-refractivity contribution in [1.82, 2.24) is 10.2 Å². The van der Waals surface area contributed by atoms with Gasteiger partial charge in [-0.1, -0.05) is 66.0 Å². The summed E-state index contributed by atoms with van der Waals surface area (Å²) in [5.41, 5.74) is 1.70. The predicted octanol–water partition coefficient (Wildman–Crippen LogP) is 6.21. The smallest absolute Gasteiger partial charge is 0.242 e. The second kappa shape index (κ2) is 12.6. The van der Waals surface area contributed by atoms with Gasteiger partial charge in [-0.3, -0.25) is 9.59 Å². The fourth-order valence-corrected chi connectivity index (χ4v) is 4.49. The number of thioether (sulfide) groups is 1. The second-order valence-electron chi connectivity index (χ2n) is 7.34. The summed E-state index contributed by atoms with van der Waals surface area (Å²) in [5.74, 6) is 0.491. The van der Waals surface area contributed by atoms with E-state index in [1.807, 2.05) is 38.1 Å². The largest absolute Gasteiger partial charge is 0.352 e. The zero-order valence-electron chi connectivity index (χ0n) is 17.8. The molecule has 0 aliphatic rings. The van der Waals surface area contributed by atoms with Gasteiger partial charge in [0, 0.05) is 33.4 Å². The van der Waals surface area contributed by atoms with Crippen LogP contribution in [-0.4, -0.2) is 34.6 Å². The molecule has 0 saturated heterocycles. The summed E-state index contributed by atoms with van der Waals surface area (Å²) in [6.07, 6.45) is 0.809. The molecule has 0 aromatic heterocycles. The Hall–Kier alpha value is -1.40. The van der Waals surface area contributed by atoms with Crippen molar-refractivity contribution in [3.8, 4) is 0 Å². The van der Waals surface area contributed by atoms with Crippen LogP contribution in [0.5, 0.6) is 0 Å². The molecule has 0 bridgehead atoms. The molecule has 2 amide bonds. The van der Waals surface area contributed by atoms with E-state index < -0.39 is 6.04 Å². The first kappa shape index (κ1) is 25.9. The molecule has 8 heteroatoms. The molecule has 1 N–H and O–H groups in total. The molecular formula is C23H27Cl3N2O2S. The van der Waals surface area contributed by atoms with Gasteiger partial charge in [0.05, 0.1) is 5.75 Å². The summed E-state index contributed by atoms with van der Waals surface area (Å²) in [5, 5.41) is 4.61. The Bertz CT molecular complexity index is 910. The fraction of sp³-hybridized carbons (Fsp3) is 0.391. The Labute approximate surface area is 203 Å². The average Bonchev–Trinajstić information content (AvgIpc) is 2.73. The lowest BCUT2D eigenvalue weighted by Gasteiger charge is -2.30. The van der Waals surface area contributed by atoms with Crippen LogP contribution in [0, 0.1) is 0 Å². The number of amides is 2. The number of halogens is 3. The minimum Gasteiger partial charge on any atom is -0.352 e. The second-order valence-corrected chi connectivity index (χ2v) is 9.57. The SMILES string of the molecule is CC[C@@H](C)NC(=O)[C@H](C)N(Cc1ccc(Cl)cc1Cl)C(=O)CSCc1ccccc1Cl. The minimum atomic E-state index is -0.644. The maximum absolute atomic E-state index is 13.1. The molecule has 0 radical (unpaired) electrons. The van der Waals surface area contributed by atoms with Crippen LogP contribution >= 0.6 is 46.6 Å². The molecule has 31 heavy (non-hydrogen) atoms. The van der Waals surface area contributed by atoms with Gasteiger partial charge in [-0.05, 0) is 49.6 Å². The molecule has 0 unspecified atom stereocenters. The summed E-state index contributed by atoms with van der Waals surface area (Å²) < 4.78 is 0. The molecule has 2 atom stereocenters. The molecule has 0 aliphatic carbocycles. The number of hydrogen-bond donors (Lipinski definition) is 1. The van der Waals surface area contributed by atoms with Crippen LogP contribution in [0.1, 0.15) is 38.3 Å². The van der Waals surface area contributed by atoms with Crippen molar-refractivity contribution in [3.05, 3.63) is 68.7 Å². The van der Waals surface area contributed by atoms with Crippen LogP contribution in [0.25, 0.3) is 0 Å². The Morgan fingerprint density at radius 3 is 2.39 bits per heavy atom. The molecule has 0 spiro atoms. The van der Waals surface area contributed by atoms with Crippen molar-refractivity contribution in [2.45, 2.75) is 51.6 Å². The monoisotopic (exact) mass is 500 g/mol. The first-order valence-corrected chi connectivity index (χ1v) is 12.4. The highest BCUT2D eigenvalue weighted by atomic mass is 35.5. The number of nitrogens with zero attached hydrogens (tertiary/aromatic N) is 1. The maximum Gasteiger partial charge on any atom is 0.242 e. The third kappa shape index (κ3) is 7.90. The van der Waals surface area contributed by atoms with Gasteiger partial charge in [0.15, 0.2) is 0 Å². The Morgan fingerprint density at radius 1 is 1.03 bits per heavy atom. The van der Waals surface area contributed by atoms with E-state index in [1.54, 1.807) is 30.0 Å². The average molecular weight is 502 g/mol. The molecule has 2 aromatic carbocycles. The van der Waals surface area contributed by atoms with E-state index in [4.69, 9.17) is 34.8 Å². The molecule has 0 heterocycles. The quantitative estimate of drug-likeness (QED) is 0.421. The van der Waals surface area contributed by atoms with Gasteiger partial charge in [0.25, 0.3) is 0 Å². The first-order valence-electron chi connectivity index (χ1n) is 10.1. The number of benzene rings is 2. The van der Waals surface area contributed by atoms with Crippen molar-refractivity contribution in [2.24, 2.45) is 0 Å². The summed E-state index contributed by atoms with van der Waals surface area (Å²) in [7, 11) is 0. The standard InChI is InChI=1S/C23H27Cl3N2O2S/c1-4-15(2)27-23(30)16(3)28(12-17-9-10-19(24)11-21(17)26)22(29)14-31-13-18-7-5-6-8-20(18)25/h5-11,15-16H,4,12-14H2,1-3H3,(H,27,30)/t15-,16+/m1/s1. The molecular weight excluding hydrogens is 475 g/mol. The number of hydrogen-bond acceptors (Lipinski definition) is 3. The molecule has 4 nitrogen and oxygen atoms in total. The topological polar surface area (TPSA) is 49.4 Å². The molecule has 2 aromatic rings. The highest BCUT2D eigenvalue weighted by Crippen LogP contribution is 2.25. The van der Waals surface area contributed by atoms with E-state index in [1.165, 1.54) is 11.8 Å². The van der Waals surface area contributed by atoms with Crippen LogP contribution < -0.4 is 5.32 Å². The van der Waals surface area contributed by atoms with E-state index in [-0.39, 0.29) is 30.2 Å². The van der Waals surface area contributed by atoms with Crippen molar-refractivity contribution >= 4 is 58.4 Å². The Balaban J connectivity index is 2.14. The fourth-order valence-electron chi connectivity index (χ4n) is 2.83. The van der Waals surface area contributed by atoms with Crippen molar-refractivity contribution in [2.75, 3.05) is 5.75 Å². The summed E-state index contributed by atoms with van der Waals surface area (Å²) in [4.78, 5) is 27.4. The lowest BCUT2D eigenvalue weighted by atomic mass is 10.1. The normalized spacial score (nSPS) is 12.8. The van der Waals surface area contributed by atoms with E-state index in [2.05, 4.69) is 5.32 Å². The Morgan fingerprint density at radius 2 is 1.74 bits per heavy atom. The highest BCUT2D eigenvalue weighted by molar-refractivity contribution is 7.99. The molecule has 0 fully saturated rings. The number of rotatable bonds is 10. The van der Waals surface area contributed by atoms with Gasteiger partial charge in [-0.25, -0.2) is 0 Å². The summed E-state index contributed by atoms with van der Waals surface area (Å²) in [6.45, 7) is 5.89. The predicted molar refractivity (Wildman–Crippen MR) is 132 cm³/mol. The van der Waals surface area contributed by atoms with Gasteiger partial charge in [0.2, 0.25) is 11.8 Å². The van der Waals surface area contributed by atoms with Crippen LogP contribution in [0.2, 0.25) is 15.1 Å². The van der Waals surface area contributed by atoms with Crippen LogP contribution in [0.3, 0.4) is 0 Å². The zero-order valence-corrected chi connectivity index (χ0v) is 20.9. The van der Waals surface area contributed by atoms with Crippen LogP contribution in [0.15, 0.2) is 42.5 Å². The number of nitrogens with one attached hydrogen (secondary N) is 1. The zero-order chi connectivity index (χ0) is 23.0. The molecule has 0 aliphatic heterocycles. The number of carbonyl (C=O) groups excluding carboxylic acids is 2. The third-order valence-electron chi connectivity index (χ3n) is 4.97. The molecule has 2 rings (SSSR count). The first-order chi connectivity index (χ1) is 14.7. The third-order valence-corrected chi connectivity index (χ3v) is 6.89. The van der Waals surface area contributed by atoms with E-state index in [0.717, 1.165) is 17.5 Å². The van der Waals surface area contributed by atoms with Gasteiger partial charge >= 0.3 is 0 Å². The number of carbonyl (C=O) groups is 2. The van der Waals surface area contributed by atoms with Crippen molar-refractivity contribution in [1.29, 1.82) is 0 Å². The van der Waals surface area contributed by atoms with Gasteiger partial charge in [-0.2, -0.15) is 0 Å². The summed E-state index contributed by atoms with van der Waals surface area (Å²) >= 11 is 20.0. The van der Waals surface area contributed by atoms with Crippen molar-refractivity contribution < 1.29 is 9.59 Å². The van der Waals surface area contributed by atoms with E-state index in [0.29, 0.717) is 20.8 Å². The van der Waals surface area contributed by atoms with Crippen LogP contribution in [0.4, 0.5) is 0 Å². The van der Waals surface area contributed by atoms with Crippen molar-refractivity contribution in [3.63, 3.8) is 0 Å². The minimum absolute atomic E-state index is 0.0284. The molecule has 0 saturated carbocycles. The molecule has 168 valence electrons.